The lowest BCUT2D eigenvalue weighted by molar-refractivity contribution is -0.136. The van der Waals surface area contributed by atoms with Crippen molar-refractivity contribution >= 4 is 28.4 Å². The maximum Gasteiger partial charge on any atom is 0.307 e. The van der Waals surface area contributed by atoms with Crippen molar-refractivity contribution in [3.05, 3.63) is 64.4 Å². The van der Waals surface area contributed by atoms with Crippen LogP contribution in [-0.2, 0) is 27.8 Å². The molecule has 21 heavy (non-hydrogen) atoms. The standard InChI is InChI=1S/C15H12ClFO3S/c16-13-8-12(5-6-14(13)17)21(20)9-11-3-1-10(2-4-11)7-15(18)19/h1-6,8H,7,9H2,(H,18,19). The van der Waals surface area contributed by atoms with E-state index in [2.05, 4.69) is 0 Å². The molecule has 1 atom stereocenters. The molecule has 6 heteroatoms. The number of hydrogen-bond donors (Lipinski definition) is 1. The summed E-state index contributed by atoms with van der Waals surface area (Å²) in [6, 6.07) is 10.8. The molecule has 2 rings (SSSR count). The van der Waals surface area contributed by atoms with Crippen LogP contribution in [-0.4, -0.2) is 15.3 Å². The molecule has 0 saturated carbocycles. The fourth-order valence-corrected chi connectivity index (χ4v) is 3.16. The molecule has 0 aliphatic carbocycles. The Morgan fingerprint density at radius 1 is 1.14 bits per heavy atom. The van der Waals surface area contributed by atoms with Gasteiger partial charge in [0.25, 0.3) is 0 Å². The van der Waals surface area contributed by atoms with Gasteiger partial charge >= 0.3 is 5.97 Å². The summed E-state index contributed by atoms with van der Waals surface area (Å²) in [6.45, 7) is 0. The highest BCUT2D eigenvalue weighted by Gasteiger charge is 2.09. The Hall–Kier alpha value is -1.72. The number of carboxylic acids is 1. The maximum atomic E-state index is 13.1. The van der Waals surface area contributed by atoms with Crippen LogP contribution < -0.4 is 0 Å². The lowest BCUT2D eigenvalue weighted by Gasteiger charge is -2.05. The molecule has 3 nitrogen and oxygen atoms in total. The summed E-state index contributed by atoms with van der Waals surface area (Å²) < 4.78 is 25.2. The van der Waals surface area contributed by atoms with Crippen LogP contribution in [0, 0.1) is 5.82 Å². The molecule has 0 amide bonds. The fourth-order valence-electron chi connectivity index (χ4n) is 1.78. The van der Waals surface area contributed by atoms with Gasteiger partial charge in [-0.15, -0.1) is 0 Å². The maximum absolute atomic E-state index is 13.1. The molecule has 110 valence electrons. The van der Waals surface area contributed by atoms with Gasteiger partial charge in [-0.3, -0.25) is 9.00 Å². The summed E-state index contributed by atoms with van der Waals surface area (Å²) in [4.78, 5) is 11.0. The van der Waals surface area contributed by atoms with Gasteiger partial charge in [-0.05, 0) is 29.3 Å². The minimum Gasteiger partial charge on any atom is -0.481 e. The Balaban J connectivity index is 2.08. The van der Waals surface area contributed by atoms with E-state index in [0.29, 0.717) is 10.5 Å². The molecule has 1 unspecified atom stereocenters. The van der Waals surface area contributed by atoms with Gasteiger partial charge in [0.2, 0.25) is 0 Å². The molecule has 0 heterocycles. The van der Waals surface area contributed by atoms with E-state index >= 15 is 0 Å². The third kappa shape index (κ3) is 4.37. The van der Waals surface area contributed by atoms with E-state index < -0.39 is 22.6 Å². The molecular weight excluding hydrogens is 315 g/mol. The van der Waals surface area contributed by atoms with Gasteiger partial charge in [-0.2, -0.15) is 0 Å². The number of carbonyl (C=O) groups is 1. The lowest BCUT2D eigenvalue weighted by atomic mass is 10.1. The number of rotatable bonds is 5. The van der Waals surface area contributed by atoms with Gasteiger partial charge in [-0.1, -0.05) is 35.9 Å². The summed E-state index contributed by atoms with van der Waals surface area (Å²) >= 11 is 5.67. The van der Waals surface area contributed by atoms with E-state index in [1.165, 1.54) is 18.2 Å². The Morgan fingerprint density at radius 2 is 1.76 bits per heavy atom. The monoisotopic (exact) mass is 326 g/mol. The number of halogens is 2. The zero-order chi connectivity index (χ0) is 15.4. The second-order valence-electron chi connectivity index (χ2n) is 4.45. The lowest BCUT2D eigenvalue weighted by Crippen LogP contribution is -2.01. The molecular formula is C15H12ClFO3S. The summed E-state index contributed by atoms with van der Waals surface area (Å²) in [5.41, 5.74) is 1.49. The van der Waals surface area contributed by atoms with E-state index in [4.69, 9.17) is 16.7 Å². The predicted octanol–water partition coefficient (Wildman–Crippen LogP) is 3.41. The molecule has 0 fully saturated rings. The zero-order valence-electron chi connectivity index (χ0n) is 10.9. The first kappa shape index (κ1) is 15.7. The normalized spacial score (nSPS) is 12.1. The molecule has 2 aromatic carbocycles. The Kier molecular flexibility index (Phi) is 5.09. The first-order chi connectivity index (χ1) is 9.95. The van der Waals surface area contributed by atoms with Crippen molar-refractivity contribution in [2.24, 2.45) is 0 Å². The quantitative estimate of drug-likeness (QED) is 0.916. The summed E-state index contributed by atoms with van der Waals surface area (Å²) in [6.07, 6.45) is -0.0447. The molecule has 2 aromatic rings. The fraction of sp³-hybridized carbons (Fsp3) is 0.133. The summed E-state index contributed by atoms with van der Waals surface area (Å²) in [5, 5.41) is 8.63. The van der Waals surface area contributed by atoms with Gasteiger partial charge in [0.05, 0.1) is 28.0 Å². The second-order valence-corrected chi connectivity index (χ2v) is 6.31. The van der Waals surface area contributed by atoms with Crippen molar-refractivity contribution < 1.29 is 18.5 Å². The van der Waals surface area contributed by atoms with Gasteiger partial charge < -0.3 is 5.11 Å². The molecule has 0 aromatic heterocycles. The third-order valence-electron chi connectivity index (χ3n) is 2.83. The van der Waals surface area contributed by atoms with Crippen molar-refractivity contribution in [1.82, 2.24) is 0 Å². The molecule has 0 saturated heterocycles. The van der Waals surface area contributed by atoms with E-state index in [-0.39, 0.29) is 17.2 Å². The van der Waals surface area contributed by atoms with Crippen LogP contribution in [0.3, 0.4) is 0 Å². The molecule has 0 aliphatic rings. The highest BCUT2D eigenvalue weighted by Crippen LogP contribution is 2.20. The van der Waals surface area contributed by atoms with Gasteiger partial charge in [0.1, 0.15) is 5.82 Å². The topological polar surface area (TPSA) is 54.4 Å². The van der Waals surface area contributed by atoms with Crippen molar-refractivity contribution in [2.45, 2.75) is 17.1 Å². The smallest absolute Gasteiger partial charge is 0.307 e. The number of aliphatic carboxylic acids is 1. The molecule has 0 aliphatic heterocycles. The second kappa shape index (κ2) is 6.83. The minimum absolute atomic E-state index is 0.0447. The van der Waals surface area contributed by atoms with Crippen LogP contribution in [0.5, 0.6) is 0 Å². The molecule has 1 N–H and O–H groups in total. The SMILES string of the molecule is O=C(O)Cc1ccc(CS(=O)c2ccc(F)c(Cl)c2)cc1. The first-order valence-corrected chi connectivity index (χ1v) is 7.78. The van der Waals surface area contributed by atoms with Crippen molar-refractivity contribution in [3.63, 3.8) is 0 Å². The third-order valence-corrected chi connectivity index (χ3v) is 4.49. The average Bonchev–Trinajstić information content (AvgIpc) is 2.43. The van der Waals surface area contributed by atoms with Gasteiger partial charge in [0.15, 0.2) is 0 Å². The average molecular weight is 327 g/mol. The largest absolute Gasteiger partial charge is 0.481 e. The van der Waals surface area contributed by atoms with Crippen molar-refractivity contribution in [1.29, 1.82) is 0 Å². The van der Waals surface area contributed by atoms with E-state index in [1.807, 2.05) is 0 Å². The number of carboxylic acid groups (broad SMARTS) is 1. The minimum atomic E-state index is -1.34. The van der Waals surface area contributed by atoms with Crippen LogP contribution in [0.25, 0.3) is 0 Å². The summed E-state index contributed by atoms with van der Waals surface area (Å²) in [7, 11) is -1.34. The molecule has 0 bridgehead atoms. The number of hydrogen-bond acceptors (Lipinski definition) is 2. The van der Waals surface area contributed by atoms with E-state index in [0.717, 1.165) is 5.56 Å². The van der Waals surface area contributed by atoms with E-state index in [9.17, 15) is 13.4 Å². The first-order valence-electron chi connectivity index (χ1n) is 6.09. The zero-order valence-corrected chi connectivity index (χ0v) is 12.5. The van der Waals surface area contributed by atoms with Gasteiger partial charge in [0, 0.05) is 4.90 Å². The number of benzene rings is 2. The Labute approximate surface area is 128 Å². The highest BCUT2D eigenvalue weighted by molar-refractivity contribution is 7.84. The van der Waals surface area contributed by atoms with Crippen molar-refractivity contribution in [3.8, 4) is 0 Å². The van der Waals surface area contributed by atoms with Crippen LogP contribution in [0.2, 0.25) is 5.02 Å². The highest BCUT2D eigenvalue weighted by atomic mass is 35.5. The Bertz CT molecular complexity index is 686. The van der Waals surface area contributed by atoms with Crippen LogP contribution in [0.1, 0.15) is 11.1 Å². The van der Waals surface area contributed by atoms with Crippen LogP contribution in [0.4, 0.5) is 4.39 Å². The van der Waals surface area contributed by atoms with Gasteiger partial charge in [-0.25, -0.2) is 4.39 Å². The van der Waals surface area contributed by atoms with E-state index in [1.54, 1.807) is 24.3 Å². The molecule has 0 spiro atoms. The predicted molar refractivity (Wildman–Crippen MR) is 79.3 cm³/mol. The van der Waals surface area contributed by atoms with Crippen LogP contribution in [0.15, 0.2) is 47.4 Å². The molecule has 0 radical (unpaired) electrons. The Morgan fingerprint density at radius 3 is 2.33 bits per heavy atom. The van der Waals surface area contributed by atoms with Crippen LogP contribution >= 0.6 is 11.6 Å². The van der Waals surface area contributed by atoms with Crippen molar-refractivity contribution in [2.75, 3.05) is 0 Å². The summed E-state index contributed by atoms with van der Waals surface area (Å²) in [5.74, 6) is -1.18.